The number of fused-ring (bicyclic) bond motifs is 1. The van der Waals surface area contributed by atoms with Crippen molar-refractivity contribution in [2.75, 3.05) is 17.3 Å². The SMILES string of the molecule is Cc1ccc(CSCC(=O)Nc2nc3ccc(S(C)(=O)=O)cc3s2)cc1. The minimum atomic E-state index is -3.26. The lowest BCUT2D eigenvalue weighted by molar-refractivity contribution is -0.113. The van der Waals surface area contributed by atoms with Gasteiger partial charge in [-0.2, -0.15) is 0 Å². The summed E-state index contributed by atoms with van der Waals surface area (Å²) in [6.07, 6.45) is 1.17. The number of nitrogens with one attached hydrogen (secondary N) is 1. The molecule has 136 valence electrons. The van der Waals surface area contributed by atoms with Gasteiger partial charge in [0.15, 0.2) is 15.0 Å². The molecule has 5 nitrogen and oxygen atoms in total. The topological polar surface area (TPSA) is 76.1 Å². The maximum atomic E-state index is 12.1. The number of aryl methyl sites for hydroxylation is 1. The van der Waals surface area contributed by atoms with E-state index in [0.717, 1.165) is 10.5 Å². The summed E-state index contributed by atoms with van der Waals surface area (Å²) < 4.78 is 24.0. The van der Waals surface area contributed by atoms with Crippen molar-refractivity contribution < 1.29 is 13.2 Å². The summed E-state index contributed by atoms with van der Waals surface area (Å²) in [5.74, 6) is 0.980. The Hall–Kier alpha value is -1.90. The molecule has 0 atom stereocenters. The number of hydrogen-bond donors (Lipinski definition) is 1. The molecule has 0 aliphatic heterocycles. The van der Waals surface area contributed by atoms with Gasteiger partial charge in [-0.1, -0.05) is 41.2 Å². The van der Waals surface area contributed by atoms with E-state index < -0.39 is 9.84 Å². The molecule has 1 N–H and O–H groups in total. The summed E-state index contributed by atoms with van der Waals surface area (Å²) in [7, 11) is -3.26. The molecule has 3 aromatic rings. The van der Waals surface area contributed by atoms with E-state index in [9.17, 15) is 13.2 Å². The van der Waals surface area contributed by atoms with Crippen LogP contribution in [-0.4, -0.2) is 31.3 Å². The lowest BCUT2D eigenvalue weighted by atomic mass is 10.2. The third-order valence-corrected chi connectivity index (χ3v) is 6.70. The van der Waals surface area contributed by atoms with Gasteiger partial charge in [0.2, 0.25) is 5.91 Å². The number of benzene rings is 2. The van der Waals surface area contributed by atoms with E-state index in [4.69, 9.17) is 0 Å². The number of carbonyl (C=O) groups is 1. The van der Waals surface area contributed by atoms with Gasteiger partial charge in [0.1, 0.15) is 0 Å². The van der Waals surface area contributed by atoms with Gasteiger partial charge in [0, 0.05) is 12.0 Å². The molecular formula is C18H18N2O3S3. The molecule has 0 radical (unpaired) electrons. The molecule has 1 amide bonds. The maximum Gasteiger partial charge on any atom is 0.236 e. The third kappa shape index (κ3) is 4.84. The zero-order valence-electron chi connectivity index (χ0n) is 14.4. The molecule has 0 bridgehead atoms. The standard InChI is InChI=1S/C18H18N2O3S3/c1-12-3-5-13(6-4-12)10-24-11-17(21)20-18-19-15-8-7-14(26(2,22)23)9-16(15)25-18/h3-9H,10-11H2,1-2H3,(H,19,20,21). The number of hydrogen-bond acceptors (Lipinski definition) is 6. The average molecular weight is 407 g/mol. The fourth-order valence-corrected chi connectivity index (χ4v) is 4.72. The summed E-state index contributed by atoms with van der Waals surface area (Å²) in [5, 5.41) is 3.26. The van der Waals surface area contributed by atoms with Crippen molar-refractivity contribution in [1.82, 2.24) is 4.98 Å². The summed E-state index contributed by atoms with van der Waals surface area (Å²) >= 11 is 2.81. The highest BCUT2D eigenvalue weighted by Gasteiger charge is 2.12. The van der Waals surface area contributed by atoms with Crippen molar-refractivity contribution in [1.29, 1.82) is 0 Å². The molecule has 0 aliphatic carbocycles. The highest BCUT2D eigenvalue weighted by Crippen LogP contribution is 2.28. The molecule has 0 saturated heterocycles. The first-order chi connectivity index (χ1) is 12.3. The van der Waals surface area contributed by atoms with Crippen LogP contribution in [0, 0.1) is 6.92 Å². The summed E-state index contributed by atoms with van der Waals surface area (Å²) in [6.45, 7) is 2.04. The zero-order chi connectivity index (χ0) is 18.7. The first-order valence-electron chi connectivity index (χ1n) is 7.85. The van der Waals surface area contributed by atoms with Crippen LogP contribution in [0.3, 0.4) is 0 Å². The second kappa shape index (κ2) is 7.77. The van der Waals surface area contributed by atoms with E-state index in [-0.39, 0.29) is 10.8 Å². The molecule has 0 fully saturated rings. The number of carbonyl (C=O) groups excluding carboxylic acids is 1. The van der Waals surface area contributed by atoms with Crippen LogP contribution in [0.5, 0.6) is 0 Å². The molecule has 0 spiro atoms. The van der Waals surface area contributed by atoms with E-state index in [1.165, 1.54) is 46.5 Å². The van der Waals surface area contributed by atoms with Crippen molar-refractivity contribution >= 4 is 54.2 Å². The molecule has 0 saturated carbocycles. The molecule has 1 aromatic heterocycles. The van der Waals surface area contributed by atoms with Crippen LogP contribution in [0.4, 0.5) is 5.13 Å². The Morgan fingerprint density at radius 3 is 2.62 bits per heavy atom. The number of sulfone groups is 1. The first kappa shape index (κ1) is 18.9. The number of anilines is 1. The van der Waals surface area contributed by atoms with Gasteiger partial charge in [-0.05, 0) is 30.7 Å². The minimum Gasteiger partial charge on any atom is -0.301 e. The van der Waals surface area contributed by atoms with E-state index in [2.05, 4.69) is 34.6 Å². The normalized spacial score (nSPS) is 11.6. The molecule has 8 heteroatoms. The fraction of sp³-hybridized carbons (Fsp3) is 0.222. The van der Waals surface area contributed by atoms with Crippen LogP contribution >= 0.6 is 23.1 Å². The largest absolute Gasteiger partial charge is 0.301 e. The fourth-order valence-electron chi connectivity index (χ4n) is 2.29. The van der Waals surface area contributed by atoms with Crippen molar-refractivity contribution in [3.8, 4) is 0 Å². The maximum absolute atomic E-state index is 12.1. The monoisotopic (exact) mass is 406 g/mol. The van der Waals surface area contributed by atoms with Crippen LogP contribution in [-0.2, 0) is 20.4 Å². The van der Waals surface area contributed by atoms with Gasteiger partial charge in [0.25, 0.3) is 0 Å². The Bertz CT molecular complexity index is 1040. The smallest absolute Gasteiger partial charge is 0.236 e. The van der Waals surface area contributed by atoms with Gasteiger partial charge < -0.3 is 5.32 Å². The molecular weight excluding hydrogens is 388 g/mol. The summed E-state index contributed by atoms with van der Waals surface area (Å²) in [4.78, 5) is 16.7. The third-order valence-electron chi connectivity index (χ3n) is 3.66. The Labute approximate surface area is 160 Å². The zero-order valence-corrected chi connectivity index (χ0v) is 16.8. The summed E-state index contributed by atoms with van der Waals surface area (Å²) in [5.41, 5.74) is 3.07. The van der Waals surface area contributed by atoms with Crippen LogP contribution in [0.1, 0.15) is 11.1 Å². The van der Waals surface area contributed by atoms with Gasteiger partial charge in [-0.25, -0.2) is 13.4 Å². The molecule has 1 heterocycles. The molecule has 3 rings (SSSR count). The number of aromatic nitrogens is 1. The lowest BCUT2D eigenvalue weighted by Gasteiger charge is -2.03. The van der Waals surface area contributed by atoms with E-state index in [1.54, 1.807) is 12.1 Å². The van der Waals surface area contributed by atoms with E-state index in [0.29, 0.717) is 16.4 Å². The number of amides is 1. The van der Waals surface area contributed by atoms with Crippen molar-refractivity contribution in [2.24, 2.45) is 0 Å². The van der Waals surface area contributed by atoms with E-state index in [1.807, 2.05) is 6.92 Å². The van der Waals surface area contributed by atoms with Crippen LogP contribution < -0.4 is 5.32 Å². The lowest BCUT2D eigenvalue weighted by Crippen LogP contribution is -2.13. The number of thiazole rings is 1. The Morgan fingerprint density at radius 1 is 1.19 bits per heavy atom. The van der Waals surface area contributed by atoms with Crippen molar-refractivity contribution in [3.63, 3.8) is 0 Å². The minimum absolute atomic E-state index is 0.121. The number of rotatable bonds is 6. The van der Waals surface area contributed by atoms with Crippen molar-refractivity contribution in [3.05, 3.63) is 53.6 Å². The number of thioether (sulfide) groups is 1. The first-order valence-corrected chi connectivity index (χ1v) is 11.7. The van der Waals surface area contributed by atoms with E-state index >= 15 is 0 Å². The van der Waals surface area contributed by atoms with Gasteiger partial charge in [0.05, 0.1) is 20.9 Å². The second-order valence-corrected chi connectivity index (χ2v) is 9.98. The van der Waals surface area contributed by atoms with Crippen LogP contribution in [0.25, 0.3) is 10.2 Å². The van der Waals surface area contributed by atoms with Crippen LogP contribution in [0.2, 0.25) is 0 Å². The highest BCUT2D eigenvalue weighted by molar-refractivity contribution is 7.99. The second-order valence-electron chi connectivity index (χ2n) is 5.95. The Morgan fingerprint density at radius 2 is 1.92 bits per heavy atom. The predicted molar refractivity (Wildman–Crippen MR) is 109 cm³/mol. The van der Waals surface area contributed by atoms with Gasteiger partial charge in [-0.3, -0.25) is 4.79 Å². The molecule has 2 aromatic carbocycles. The Kier molecular flexibility index (Phi) is 5.64. The summed E-state index contributed by atoms with van der Waals surface area (Å²) in [6, 6.07) is 13.0. The Balaban J connectivity index is 1.59. The number of nitrogens with zero attached hydrogens (tertiary/aromatic N) is 1. The van der Waals surface area contributed by atoms with Gasteiger partial charge in [-0.15, -0.1) is 11.8 Å². The average Bonchev–Trinajstić information content (AvgIpc) is 2.97. The molecule has 0 unspecified atom stereocenters. The van der Waals surface area contributed by atoms with Crippen molar-refractivity contribution in [2.45, 2.75) is 17.6 Å². The quantitative estimate of drug-likeness (QED) is 0.672. The molecule has 0 aliphatic rings. The highest BCUT2D eigenvalue weighted by atomic mass is 32.2. The predicted octanol–water partition coefficient (Wildman–Crippen LogP) is 3.88. The van der Waals surface area contributed by atoms with Gasteiger partial charge >= 0.3 is 0 Å². The molecule has 26 heavy (non-hydrogen) atoms. The van der Waals surface area contributed by atoms with Crippen LogP contribution in [0.15, 0.2) is 47.4 Å².